The van der Waals surface area contributed by atoms with Gasteiger partial charge in [0, 0.05) is 30.6 Å². The van der Waals surface area contributed by atoms with Crippen LogP contribution in [0.25, 0.3) is 0 Å². The molecular weight excluding hydrogens is 320 g/mol. The molecule has 5 heteroatoms. The predicted octanol–water partition coefficient (Wildman–Crippen LogP) is 3.76. The molecule has 1 aliphatic heterocycles. The fourth-order valence-corrected chi connectivity index (χ4v) is 4.00. The number of Topliss-reactive ketones (excluding diaryl/α,β-unsaturated/α-hetero) is 1. The van der Waals surface area contributed by atoms with Crippen molar-refractivity contribution in [2.24, 2.45) is 5.92 Å². The number of aromatic nitrogens is 1. The van der Waals surface area contributed by atoms with Gasteiger partial charge in [-0.05, 0) is 24.8 Å². The van der Waals surface area contributed by atoms with Crippen molar-refractivity contribution in [1.29, 1.82) is 0 Å². The first kappa shape index (κ1) is 16.8. The summed E-state index contributed by atoms with van der Waals surface area (Å²) in [6.45, 7) is 3.36. The Morgan fingerprint density at radius 2 is 1.96 bits per heavy atom. The minimum Gasteiger partial charge on any atom is -0.342 e. The molecule has 0 aliphatic carbocycles. The number of piperidine rings is 1. The molecular formula is C19H22N2O2S. The summed E-state index contributed by atoms with van der Waals surface area (Å²) >= 11 is 1.40. The molecule has 0 radical (unpaired) electrons. The van der Waals surface area contributed by atoms with Gasteiger partial charge in [0.2, 0.25) is 5.91 Å². The van der Waals surface area contributed by atoms with E-state index in [1.165, 1.54) is 11.3 Å². The van der Waals surface area contributed by atoms with Crippen LogP contribution in [0.5, 0.6) is 0 Å². The summed E-state index contributed by atoms with van der Waals surface area (Å²) < 4.78 is 0. The molecule has 2 heterocycles. The molecule has 126 valence electrons. The van der Waals surface area contributed by atoms with E-state index in [1.54, 1.807) is 6.20 Å². The van der Waals surface area contributed by atoms with Crippen LogP contribution in [0, 0.1) is 5.92 Å². The SMILES string of the molecule is CCC(C(=O)N1CCC(C(=O)c2nccs2)CC1)c1ccccc1. The molecule has 0 saturated carbocycles. The van der Waals surface area contributed by atoms with Crippen molar-refractivity contribution in [2.75, 3.05) is 13.1 Å². The van der Waals surface area contributed by atoms with Crippen LogP contribution < -0.4 is 0 Å². The highest BCUT2D eigenvalue weighted by Gasteiger charge is 2.31. The zero-order chi connectivity index (χ0) is 16.9. The van der Waals surface area contributed by atoms with Gasteiger partial charge in [0.25, 0.3) is 0 Å². The first-order valence-electron chi connectivity index (χ1n) is 8.48. The van der Waals surface area contributed by atoms with Gasteiger partial charge in [-0.1, -0.05) is 37.3 Å². The zero-order valence-electron chi connectivity index (χ0n) is 13.9. The Hall–Kier alpha value is -2.01. The third kappa shape index (κ3) is 3.56. The smallest absolute Gasteiger partial charge is 0.230 e. The van der Waals surface area contributed by atoms with E-state index in [-0.39, 0.29) is 23.5 Å². The van der Waals surface area contributed by atoms with Gasteiger partial charge in [-0.2, -0.15) is 0 Å². The van der Waals surface area contributed by atoms with E-state index in [1.807, 2.05) is 47.5 Å². The van der Waals surface area contributed by atoms with Gasteiger partial charge in [0.15, 0.2) is 10.8 Å². The van der Waals surface area contributed by atoms with E-state index >= 15 is 0 Å². The standard InChI is InChI=1S/C19H22N2O2S/c1-2-16(14-6-4-3-5-7-14)19(23)21-11-8-15(9-12-21)17(22)18-20-10-13-24-18/h3-7,10,13,15-16H,2,8-9,11-12H2,1H3. The molecule has 24 heavy (non-hydrogen) atoms. The normalized spacial score (nSPS) is 16.8. The van der Waals surface area contributed by atoms with E-state index < -0.39 is 0 Å². The highest BCUT2D eigenvalue weighted by atomic mass is 32.1. The summed E-state index contributed by atoms with van der Waals surface area (Å²) in [6.07, 6.45) is 3.92. The van der Waals surface area contributed by atoms with E-state index in [0.717, 1.165) is 24.8 Å². The van der Waals surface area contributed by atoms with Crippen molar-refractivity contribution in [3.8, 4) is 0 Å². The van der Waals surface area contributed by atoms with Crippen molar-refractivity contribution in [2.45, 2.75) is 32.1 Å². The summed E-state index contributed by atoms with van der Waals surface area (Å²) in [6, 6.07) is 9.96. The first-order chi connectivity index (χ1) is 11.7. The molecule has 1 aromatic carbocycles. The quantitative estimate of drug-likeness (QED) is 0.778. The zero-order valence-corrected chi connectivity index (χ0v) is 14.7. The summed E-state index contributed by atoms with van der Waals surface area (Å²) in [5, 5.41) is 2.42. The van der Waals surface area contributed by atoms with Crippen molar-refractivity contribution >= 4 is 23.0 Å². The molecule has 0 spiro atoms. The molecule has 1 unspecified atom stereocenters. The topological polar surface area (TPSA) is 50.3 Å². The van der Waals surface area contributed by atoms with Gasteiger partial charge in [-0.15, -0.1) is 11.3 Å². The fraction of sp³-hybridized carbons (Fsp3) is 0.421. The highest BCUT2D eigenvalue weighted by Crippen LogP contribution is 2.27. The van der Waals surface area contributed by atoms with Gasteiger partial charge in [0.1, 0.15) is 0 Å². The Balaban J connectivity index is 1.61. The summed E-state index contributed by atoms with van der Waals surface area (Å²) in [4.78, 5) is 31.3. The monoisotopic (exact) mass is 342 g/mol. The van der Waals surface area contributed by atoms with Gasteiger partial charge in [-0.3, -0.25) is 9.59 Å². The van der Waals surface area contributed by atoms with Crippen LogP contribution >= 0.6 is 11.3 Å². The molecule has 1 atom stereocenters. The number of likely N-dealkylation sites (tertiary alicyclic amines) is 1. The van der Waals surface area contributed by atoms with E-state index in [0.29, 0.717) is 18.1 Å². The van der Waals surface area contributed by atoms with Crippen LogP contribution in [0.4, 0.5) is 0 Å². The van der Waals surface area contributed by atoms with Crippen LogP contribution in [0.1, 0.15) is 47.5 Å². The van der Waals surface area contributed by atoms with Crippen LogP contribution in [0.2, 0.25) is 0 Å². The number of benzene rings is 1. The second kappa shape index (κ2) is 7.71. The highest BCUT2D eigenvalue weighted by molar-refractivity contribution is 7.11. The third-order valence-corrected chi connectivity index (χ3v) is 5.52. The second-order valence-corrected chi connectivity index (χ2v) is 7.07. The predicted molar refractivity (Wildman–Crippen MR) is 95.2 cm³/mol. The third-order valence-electron chi connectivity index (χ3n) is 4.73. The lowest BCUT2D eigenvalue weighted by molar-refractivity contribution is -0.134. The molecule has 4 nitrogen and oxygen atoms in total. The Morgan fingerprint density at radius 1 is 1.25 bits per heavy atom. The second-order valence-electron chi connectivity index (χ2n) is 6.17. The van der Waals surface area contributed by atoms with E-state index in [9.17, 15) is 9.59 Å². The lowest BCUT2D eigenvalue weighted by atomic mass is 9.90. The molecule has 1 amide bonds. The molecule has 0 N–H and O–H groups in total. The summed E-state index contributed by atoms with van der Waals surface area (Å²) in [5.74, 6) is 0.227. The van der Waals surface area contributed by atoms with Gasteiger partial charge in [0.05, 0.1) is 5.92 Å². The molecule has 3 rings (SSSR count). The minimum atomic E-state index is -0.0857. The average Bonchev–Trinajstić information content (AvgIpc) is 3.17. The number of hydrogen-bond donors (Lipinski definition) is 0. The Labute approximate surface area is 146 Å². The van der Waals surface area contributed by atoms with Crippen LogP contribution in [-0.4, -0.2) is 34.7 Å². The fourth-order valence-electron chi connectivity index (χ4n) is 3.34. The van der Waals surface area contributed by atoms with Crippen LogP contribution in [0.15, 0.2) is 41.9 Å². The van der Waals surface area contributed by atoms with Crippen molar-refractivity contribution in [1.82, 2.24) is 9.88 Å². The minimum absolute atomic E-state index is 0.00278. The van der Waals surface area contributed by atoms with Crippen molar-refractivity contribution in [3.05, 3.63) is 52.5 Å². The van der Waals surface area contributed by atoms with E-state index in [2.05, 4.69) is 4.98 Å². The molecule has 2 aromatic rings. The molecule has 0 bridgehead atoms. The maximum absolute atomic E-state index is 12.9. The van der Waals surface area contributed by atoms with Gasteiger partial charge >= 0.3 is 0 Å². The molecule has 1 aliphatic rings. The number of carbonyl (C=O) groups is 2. The average molecular weight is 342 g/mol. The number of amides is 1. The van der Waals surface area contributed by atoms with Crippen molar-refractivity contribution in [3.63, 3.8) is 0 Å². The van der Waals surface area contributed by atoms with Crippen molar-refractivity contribution < 1.29 is 9.59 Å². The van der Waals surface area contributed by atoms with Gasteiger partial charge in [-0.25, -0.2) is 4.98 Å². The van der Waals surface area contributed by atoms with Crippen LogP contribution in [-0.2, 0) is 4.79 Å². The maximum Gasteiger partial charge on any atom is 0.230 e. The number of carbonyl (C=O) groups excluding carboxylic acids is 2. The number of ketones is 1. The number of hydrogen-bond acceptors (Lipinski definition) is 4. The lowest BCUT2D eigenvalue weighted by Crippen LogP contribution is -2.42. The first-order valence-corrected chi connectivity index (χ1v) is 9.36. The molecule has 1 saturated heterocycles. The summed E-state index contributed by atoms with van der Waals surface area (Å²) in [5.41, 5.74) is 1.07. The maximum atomic E-state index is 12.9. The number of rotatable bonds is 5. The molecule has 1 fully saturated rings. The summed E-state index contributed by atoms with van der Waals surface area (Å²) in [7, 11) is 0. The largest absolute Gasteiger partial charge is 0.342 e. The Morgan fingerprint density at radius 3 is 2.54 bits per heavy atom. The Bertz CT molecular complexity index is 677. The number of nitrogens with zero attached hydrogens (tertiary/aromatic N) is 2. The Kier molecular flexibility index (Phi) is 5.41. The van der Waals surface area contributed by atoms with Gasteiger partial charge < -0.3 is 4.90 Å². The molecule has 1 aromatic heterocycles. The van der Waals surface area contributed by atoms with Crippen LogP contribution in [0.3, 0.4) is 0 Å². The van der Waals surface area contributed by atoms with E-state index in [4.69, 9.17) is 0 Å². The lowest BCUT2D eigenvalue weighted by Gasteiger charge is -2.33. The number of thiazole rings is 1.